The first-order chi connectivity index (χ1) is 8.60. The molecule has 1 N–H and O–H groups in total. The Morgan fingerprint density at radius 1 is 1.56 bits per heavy atom. The highest BCUT2D eigenvalue weighted by Crippen LogP contribution is 2.24. The monoisotopic (exact) mass is 267 g/mol. The zero-order valence-electron chi connectivity index (χ0n) is 10.2. The summed E-state index contributed by atoms with van der Waals surface area (Å²) < 4.78 is 13.1. The van der Waals surface area contributed by atoms with Gasteiger partial charge in [0.2, 0.25) is 0 Å². The van der Waals surface area contributed by atoms with Crippen LogP contribution in [0.25, 0.3) is 0 Å². The van der Waals surface area contributed by atoms with Gasteiger partial charge in [-0.3, -0.25) is 0 Å². The van der Waals surface area contributed by atoms with Crippen molar-refractivity contribution in [2.45, 2.75) is 25.4 Å². The van der Waals surface area contributed by atoms with E-state index in [1.807, 2.05) is 0 Å². The average molecular weight is 268 g/mol. The molecule has 3 nitrogen and oxygen atoms in total. The lowest BCUT2D eigenvalue weighted by atomic mass is 10.1. The van der Waals surface area contributed by atoms with Crippen LogP contribution in [0.15, 0.2) is 18.2 Å². The molecule has 1 saturated heterocycles. The Balaban J connectivity index is 2.16. The van der Waals surface area contributed by atoms with Gasteiger partial charge in [-0.05, 0) is 25.1 Å². The molecule has 0 spiro atoms. The van der Waals surface area contributed by atoms with Gasteiger partial charge in [0.15, 0.2) is 0 Å². The Hall–Kier alpha value is -1.31. The van der Waals surface area contributed by atoms with Crippen LogP contribution in [0.3, 0.4) is 0 Å². The largest absolute Gasteiger partial charge is 0.368 e. The van der Waals surface area contributed by atoms with Crippen molar-refractivity contribution in [3.05, 3.63) is 29.0 Å². The number of anilines is 1. The van der Waals surface area contributed by atoms with E-state index in [2.05, 4.69) is 23.2 Å². The highest BCUT2D eigenvalue weighted by Gasteiger charge is 2.24. The minimum Gasteiger partial charge on any atom is -0.368 e. The molecule has 96 valence electrons. The Labute approximate surface area is 111 Å². The summed E-state index contributed by atoms with van der Waals surface area (Å²) in [5.74, 6) is -0.405. The van der Waals surface area contributed by atoms with E-state index < -0.39 is 5.82 Å². The van der Waals surface area contributed by atoms with E-state index in [-0.39, 0.29) is 11.1 Å². The minimum atomic E-state index is -0.405. The molecule has 2 atom stereocenters. The molecule has 18 heavy (non-hydrogen) atoms. The molecule has 1 aliphatic rings. The van der Waals surface area contributed by atoms with E-state index in [0.717, 1.165) is 18.8 Å². The molecule has 1 aromatic rings. The maximum Gasteiger partial charge on any atom is 0.141 e. The standard InChI is InChI=1S/C13H15ClFN3/c1-9-7-18(8-10(17-9)4-5-16)11-2-3-13(15)12(14)6-11/h2-3,6,9-10,17H,4,7-8H2,1H3. The lowest BCUT2D eigenvalue weighted by Gasteiger charge is -2.38. The molecule has 0 aliphatic carbocycles. The normalized spacial score (nSPS) is 23.8. The SMILES string of the molecule is CC1CN(c2ccc(F)c(Cl)c2)CC(CC#N)N1. The van der Waals surface area contributed by atoms with Crippen molar-refractivity contribution in [3.8, 4) is 6.07 Å². The molecule has 1 aliphatic heterocycles. The molecular formula is C13H15ClFN3. The molecule has 0 saturated carbocycles. The molecule has 0 aromatic heterocycles. The maximum atomic E-state index is 13.1. The van der Waals surface area contributed by atoms with Crippen molar-refractivity contribution in [1.29, 1.82) is 5.26 Å². The van der Waals surface area contributed by atoms with Crippen molar-refractivity contribution < 1.29 is 4.39 Å². The molecule has 0 bridgehead atoms. The average Bonchev–Trinajstić information content (AvgIpc) is 2.32. The first-order valence-electron chi connectivity index (χ1n) is 5.93. The summed E-state index contributed by atoms with van der Waals surface area (Å²) in [6, 6.07) is 7.35. The molecular weight excluding hydrogens is 253 g/mol. The summed E-state index contributed by atoms with van der Waals surface area (Å²) in [4.78, 5) is 2.13. The lowest BCUT2D eigenvalue weighted by molar-refractivity contribution is 0.391. The lowest BCUT2D eigenvalue weighted by Crippen LogP contribution is -2.55. The van der Waals surface area contributed by atoms with Crippen molar-refractivity contribution in [1.82, 2.24) is 5.32 Å². The predicted octanol–water partition coefficient (Wildman–Crippen LogP) is 2.56. The second-order valence-corrected chi connectivity index (χ2v) is 5.04. The number of hydrogen-bond acceptors (Lipinski definition) is 3. The maximum absolute atomic E-state index is 13.1. The van der Waals surface area contributed by atoms with Gasteiger partial charge in [0.1, 0.15) is 5.82 Å². The van der Waals surface area contributed by atoms with Gasteiger partial charge in [0.25, 0.3) is 0 Å². The fraction of sp³-hybridized carbons (Fsp3) is 0.462. The van der Waals surface area contributed by atoms with Crippen LogP contribution in [0.1, 0.15) is 13.3 Å². The predicted molar refractivity (Wildman–Crippen MR) is 70.2 cm³/mol. The molecule has 0 amide bonds. The topological polar surface area (TPSA) is 39.1 Å². The van der Waals surface area contributed by atoms with Gasteiger partial charge in [-0.15, -0.1) is 0 Å². The Morgan fingerprint density at radius 2 is 2.33 bits per heavy atom. The number of nitriles is 1. The summed E-state index contributed by atoms with van der Waals surface area (Å²) in [6.45, 7) is 3.63. The van der Waals surface area contributed by atoms with Crippen LogP contribution < -0.4 is 10.2 Å². The summed E-state index contributed by atoms with van der Waals surface area (Å²) in [5, 5.41) is 12.3. The van der Waals surface area contributed by atoms with E-state index in [1.165, 1.54) is 6.07 Å². The van der Waals surface area contributed by atoms with Gasteiger partial charge in [-0.25, -0.2) is 4.39 Å². The number of benzene rings is 1. The molecule has 0 radical (unpaired) electrons. The van der Waals surface area contributed by atoms with Crippen LogP contribution in [0.2, 0.25) is 5.02 Å². The highest BCUT2D eigenvalue weighted by atomic mass is 35.5. The first-order valence-corrected chi connectivity index (χ1v) is 6.31. The second kappa shape index (κ2) is 5.55. The zero-order chi connectivity index (χ0) is 13.1. The summed E-state index contributed by atoms with van der Waals surface area (Å²) in [6.07, 6.45) is 0.468. The van der Waals surface area contributed by atoms with Crippen LogP contribution in [-0.2, 0) is 0 Å². The van der Waals surface area contributed by atoms with E-state index >= 15 is 0 Å². The fourth-order valence-electron chi connectivity index (χ4n) is 2.31. The minimum absolute atomic E-state index is 0.135. The van der Waals surface area contributed by atoms with Crippen LogP contribution in [0, 0.1) is 17.1 Å². The van der Waals surface area contributed by atoms with Crippen LogP contribution in [0.4, 0.5) is 10.1 Å². The quantitative estimate of drug-likeness (QED) is 0.895. The van der Waals surface area contributed by atoms with Crippen LogP contribution in [-0.4, -0.2) is 25.2 Å². The van der Waals surface area contributed by atoms with Crippen LogP contribution >= 0.6 is 11.6 Å². The smallest absolute Gasteiger partial charge is 0.141 e. The molecule has 1 aromatic carbocycles. The molecule has 2 rings (SSSR count). The molecule has 2 unspecified atom stereocenters. The number of piperazine rings is 1. The third-order valence-corrected chi connectivity index (χ3v) is 3.35. The number of nitrogens with zero attached hydrogens (tertiary/aromatic N) is 2. The number of rotatable bonds is 2. The van der Waals surface area contributed by atoms with Crippen LogP contribution in [0.5, 0.6) is 0 Å². The fourth-order valence-corrected chi connectivity index (χ4v) is 2.48. The van der Waals surface area contributed by atoms with Gasteiger partial charge in [0.05, 0.1) is 17.5 Å². The number of halogens is 2. The van der Waals surface area contributed by atoms with E-state index in [9.17, 15) is 4.39 Å². The highest BCUT2D eigenvalue weighted by molar-refractivity contribution is 6.31. The van der Waals surface area contributed by atoms with Gasteiger partial charge >= 0.3 is 0 Å². The molecule has 1 heterocycles. The number of nitrogens with one attached hydrogen (secondary N) is 1. The van der Waals surface area contributed by atoms with E-state index in [4.69, 9.17) is 16.9 Å². The summed E-state index contributed by atoms with van der Waals surface area (Å²) in [5.41, 5.74) is 0.901. The van der Waals surface area contributed by atoms with Crippen molar-refractivity contribution >= 4 is 17.3 Å². The zero-order valence-corrected chi connectivity index (χ0v) is 10.9. The Morgan fingerprint density at radius 3 is 3.00 bits per heavy atom. The third kappa shape index (κ3) is 2.92. The first kappa shape index (κ1) is 13.1. The van der Waals surface area contributed by atoms with E-state index in [0.29, 0.717) is 12.5 Å². The van der Waals surface area contributed by atoms with Gasteiger partial charge in [-0.1, -0.05) is 11.6 Å². The number of hydrogen-bond donors (Lipinski definition) is 1. The van der Waals surface area contributed by atoms with Crippen molar-refractivity contribution in [2.24, 2.45) is 0 Å². The van der Waals surface area contributed by atoms with Gasteiger partial charge < -0.3 is 10.2 Å². The molecule has 1 fully saturated rings. The third-order valence-electron chi connectivity index (χ3n) is 3.06. The van der Waals surface area contributed by atoms with Gasteiger partial charge in [0, 0.05) is 30.9 Å². The van der Waals surface area contributed by atoms with Crippen molar-refractivity contribution in [3.63, 3.8) is 0 Å². The second-order valence-electron chi connectivity index (χ2n) is 4.63. The summed E-state index contributed by atoms with van der Waals surface area (Å²) in [7, 11) is 0. The Bertz CT molecular complexity index is 472. The summed E-state index contributed by atoms with van der Waals surface area (Å²) >= 11 is 5.80. The van der Waals surface area contributed by atoms with Gasteiger partial charge in [-0.2, -0.15) is 5.26 Å². The van der Waals surface area contributed by atoms with Crippen molar-refractivity contribution in [2.75, 3.05) is 18.0 Å². The molecule has 5 heteroatoms. The Kier molecular flexibility index (Phi) is 4.05. The van der Waals surface area contributed by atoms with E-state index in [1.54, 1.807) is 12.1 Å².